The lowest BCUT2D eigenvalue weighted by Gasteiger charge is -2.34. The zero-order chi connectivity index (χ0) is 19.0. The Bertz CT molecular complexity index is 986. The van der Waals surface area contributed by atoms with Gasteiger partial charge in [0.1, 0.15) is 12.4 Å². The Hall–Kier alpha value is -2.91. The molecular weight excluding hydrogens is 361 g/mol. The van der Waals surface area contributed by atoms with Gasteiger partial charge in [0, 0.05) is 30.9 Å². The fourth-order valence-corrected chi connectivity index (χ4v) is 3.50. The number of nitrogens with zero attached hydrogens (tertiary/aromatic N) is 4. The van der Waals surface area contributed by atoms with E-state index >= 15 is 0 Å². The molecule has 27 heavy (non-hydrogen) atoms. The molecule has 0 saturated carbocycles. The average molecular weight is 378 g/mol. The van der Waals surface area contributed by atoms with Crippen molar-refractivity contribution < 1.29 is 18.0 Å². The van der Waals surface area contributed by atoms with Crippen molar-refractivity contribution in [3.63, 3.8) is 0 Å². The third-order valence-corrected chi connectivity index (χ3v) is 4.73. The van der Waals surface area contributed by atoms with Crippen LogP contribution in [0.5, 0.6) is 0 Å². The molecule has 0 bridgehead atoms. The van der Waals surface area contributed by atoms with Crippen LogP contribution in [-0.4, -0.2) is 51.9 Å². The summed E-state index contributed by atoms with van der Waals surface area (Å²) in [7, 11) is 0. The minimum Gasteiger partial charge on any atom is -0.357 e. The first-order chi connectivity index (χ1) is 12.9. The number of pyridine rings is 1. The first-order valence-corrected chi connectivity index (χ1v) is 8.60. The lowest BCUT2D eigenvalue weighted by atomic mass is 9.96. The summed E-state index contributed by atoms with van der Waals surface area (Å²) in [5, 5.41) is 11.9. The number of halogens is 3. The normalized spacial score (nSPS) is 18.2. The molecule has 3 aromatic heterocycles. The number of nitrogens with one attached hydrogen (secondary N) is 2. The predicted molar refractivity (Wildman–Crippen MR) is 93.2 cm³/mol. The molecule has 1 aliphatic heterocycles. The largest absolute Gasteiger partial charge is 0.405 e. The Kier molecular flexibility index (Phi) is 4.33. The second-order valence-corrected chi connectivity index (χ2v) is 6.59. The fourth-order valence-electron chi connectivity index (χ4n) is 3.50. The van der Waals surface area contributed by atoms with Gasteiger partial charge in [0.2, 0.25) is 5.91 Å². The van der Waals surface area contributed by atoms with Crippen LogP contribution < -0.4 is 10.2 Å². The number of anilines is 1. The number of amides is 1. The molecule has 0 aromatic carbocycles. The number of hydrogen-bond donors (Lipinski definition) is 2. The maximum Gasteiger partial charge on any atom is 0.405 e. The SMILES string of the molecule is O=C(NCC(F)(F)F)C1CCCN(c2[nH]ccc3nnc4nccc4c23)C1. The number of carbonyl (C=O) groups is 1. The molecular formula is C17H17F3N6O. The molecule has 142 valence electrons. The van der Waals surface area contributed by atoms with Gasteiger partial charge in [0.05, 0.1) is 16.8 Å². The summed E-state index contributed by atoms with van der Waals surface area (Å²) in [6.45, 7) is -0.286. The third kappa shape index (κ3) is 3.51. The van der Waals surface area contributed by atoms with Gasteiger partial charge in [-0.25, -0.2) is 4.98 Å². The van der Waals surface area contributed by atoms with E-state index in [2.05, 4.69) is 20.2 Å². The topological polar surface area (TPSA) is 86.8 Å². The van der Waals surface area contributed by atoms with Crippen LogP contribution >= 0.6 is 0 Å². The first-order valence-electron chi connectivity index (χ1n) is 8.60. The van der Waals surface area contributed by atoms with Gasteiger partial charge in [0.25, 0.3) is 0 Å². The first kappa shape index (κ1) is 17.5. The quantitative estimate of drug-likeness (QED) is 0.731. The van der Waals surface area contributed by atoms with Gasteiger partial charge >= 0.3 is 6.18 Å². The predicted octanol–water partition coefficient (Wildman–Crippen LogP) is 2.40. The number of carbonyl (C=O) groups excluding carboxylic acids is 1. The summed E-state index contributed by atoms with van der Waals surface area (Å²) < 4.78 is 37.1. The molecule has 1 amide bonds. The fraction of sp³-hybridized carbons (Fsp3) is 0.412. The van der Waals surface area contributed by atoms with E-state index in [1.807, 2.05) is 16.3 Å². The Balaban J connectivity index is 1.62. The van der Waals surface area contributed by atoms with Gasteiger partial charge in [-0.1, -0.05) is 0 Å². The van der Waals surface area contributed by atoms with Crippen molar-refractivity contribution >= 4 is 33.7 Å². The molecule has 4 rings (SSSR count). The average Bonchev–Trinajstić information content (AvgIpc) is 3.14. The molecule has 10 heteroatoms. The highest BCUT2D eigenvalue weighted by molar-refractivity contribution is 6.08. The number of piperidine rings is 1. The van der Waals surface area contributed by atoms with Gasteiger partial charge in [0.15, 0.2) is 5.65 Å². The van der Waals surface area contributed by atoms with E-state index in [-0.39, 0.29) is 0 Å². The van der Waals surface area contributed by atoms with Crippen LogP contribution in [0.2, 0.25) is 0 Å². The molecule has 7 nitrogen and oxygen atoms in total. The van der Waals surface area contributed by atoms with Gasteiger partial charge in [-0.15, -0.1) is 10.2 Å². The van der Waals surface area contributed by atoms with E-state index in [1.165, 1.54) is 0 Å². The second kappa shape index (κ2) is 6.67. The standard InChI is InChI=1S/C17H17F3N6O/c18-17(19,20)9-23-16(27)10-2-1-7-26(8-10)15-13-11-3-5-21-14(11)25-24-12(13)4-6-22-15/h3-6,10,22H,1-2,7-9H2,(H,23,27). The van der Waals surface area contributed by atoms with Crippen molar-refractivity contribution in [2.45, 2.75) is 19.0 Å². The molecule has 1 fully saturated rings. The minimum absolute atomic E-state index is 0.331. The Morgan fingerprint density at radius 2 is 2.19 bits per heavy atom. The van der Waals surface area contributed by atoms with Crippen LogP contribution in [0.4, 0.5) is 19.0 Å². The summed E-state index contributed by atoms with van der Waals surface area (Å²) in [4.78, 5) is 21.5. The van der Waals surface area contributed by atoms with Gasteiger partial charge in [-0.3, -0.25) is 4.79 Å². The Morgan fingerprint density at radius 3 is 3.00 bits per heavy atom. The summed E-state index contributed by atoms with van der Waals surface area (Å²) in [6.07, 6.45) is 0.233. The number of alkyl halides is 3. The van der Waals surface area contributed by atoms with E-state index < -0.39 is 24.5 Å². The van der Waals surface area contributed by atoms with Crippen molar-refractivity contribution in [2.75, 3.05) is 24.5 Å². The maximum absolute atomic E-state index is 12.4. The van der Waals surface area contributed by atoms with Crippen LogP contribution in [0.3, 0.4) is 0 Å². The number of rotatable bonds is 3. The van der Waals surface area contributed by atoms with Crippen LogP contribution in [0.1, 0.15) is 12.8 Å². The number of fused-ring (bicyclic) bond motifs is 3. The van der Waals surface area contributed by atoms with E-state index in [9.17, 15) is 18.0 Å². The third-order valence-electron chi connectivity index (χ3n) is 4.73. The summed E-state index contributed by atoms with van der Waals surface area (Å²) in [6, 6.07) is 3.65. The van der Waals surface area contributed by atoms with E-state index in [1.54, 1.807) is 18.5 Å². The van der Waals surface area contributed by atoms with Crippen molar-refractivity contribution in [2.24, 2.45) is 5.92 Å². The van der Waals surface area contributed by atoms with Crippen molar-refractivity contribution in [1.29, 1.82) is 0 Å². The highest BCUT2D eigenvalue weighted by Crippen LogP contribution is 2.31. The molecule has 1 saturated heterocycles. The van der Waals surface area contributed by atoms with E-state index in [0.29, 0.717) is 37.1 Å². The second-order valence-electron chi connectivity index (χ2n) is 6.59. The lowest BCUT2D eigenvalue weighted by Crippen LogP contribution is -2.45. The molecule has 0 aliphatic carbocycles. The molecule has 4 heterocycles. The number of hydrogen-bond acceptors (Lipinski definition) is 5. The van der Waals surface area contributed by atoms with E-state index in [0.717, 1.165) is 16.6 Å². The molecule has 0 spiro atoms. The highest BCUT2D eigenvalue weighted by atomic mass is 19.4. The lowest BCUT2D eigenvalue weighted by molar-refractivity contribution is -0.140. The monoisotopic (exact) mass is 378 g/mol. The van der Waals surface area contributed by atoms with Gasteiger partial charge in [-0.05, 0) is 25.0 Å². The van der Waals surface area contributed by atoms with Crippen LogP contribution in [0.25, 0.3) is 21.9 Å². The van der Waals surface area contributed by atoms with Crippen molar-refractivity contribution in [3.05, 3.63) is 24.5 Å². The smallest absolute Gasteiger partial charge is 0.357 e. The molecule has 1 aliphatic rings. The molecule has 2 N–H and O–H groups in total. The maximum atomic E-state index is 12.4. The van der Waals surface area contributed by atoms with Crippen LogP contribution in [0.15, 0.2) is 24.5 Å². The van der Waals surface area contributed by atoms with Gasteiger partial charge in [-0.2, -0.15) is 13.2 Å². The summed E-state index contributed by atoms with van der Waals surface area (Å²) >= 11 is 0. The highest BCUT2D eigenvalue weighted by Gasteiger charge is 2.32. The van der Waals surface area contributed by atoms with Crippen molar-refractivity contribution in [3.8, 4) is 0 Å². The summed E-state index contributed by atoms with van der Waals surface area (Å²) in [5.74, 6) is -0.307. The molecule has 1 atom stereocenters. The van der Waals surface area contributed by atoms with Crippen LogP contribution in [-0.2, 0) is 4.79 Å². The number of aromatic amines is 1. The van der Waals surface area contributed by atoms with Crippen LogP contribution in [0, 0.1) is 5.92 Å². The van der Waals surface area contributed by atoms with E-state index in [4.69, 9.17) is 0 Å². The Labute approximate surface area is 152 Å². The molecule has 3 aromatic rings. The molecule has 1 unspecified atom stereocenters. The van der Waals surface area contributed by atoms with Gasteiger partial charge < -0.3 is 15.2 Å². The number of H-pyrrole nitrogens is 1. The zero-order valence-electron chi connectivity index (χ0n) is 14.3. The minimum atomic E-state index is -4.41. The summed E-state index contributed by atoms with van der Waals surface area (Å²) in [5.41, 5.74) is 1.22. The Morgan fingerprint density at radius 1 is 1.33 bits per heavy atom. The zero-order valence-corrected chi connectivity index (χ0v) is 14.3. The molecule has 0 radical (unpaired) electrons. The number of aromatic nitrogens is 4. The van der Waals surface area contributed by atoms with Crippen molar-refractivity contribution in [1.82, 2.24) is 25.5 Å².